The molecule has 3 nitrogen and oxygen atoms in total. The highest BCUT2D eigenvalue weighted by Crippen LogP contribution is 2.28. The van der Waals surface area contributed by atoms with E-state index in [1.807, 2.05) is 12.1 Å². The number of rotatable bonds is 9. The summed E-state index contributed by atoms with van der Waals surface area (Å²) in [6.45, 7) is 6.74. The molecular weight excluding hydrogens is 286 g/mol. The number of aryl methyl sites for hydroxylation is 1. The van der Waals surface area contributed by atoms with Crippen molar-refractivity contribution in [3.05, 3.63) is 59.2 Å². The molecule has 0 heterocycles. The molecule has 2 aromatic carbocycles. The molecule has 3 heteroatoms. The van der Waals surface area contributed by atoms with Crippen LogP contribution in [0.1, 0.15) is 36.5 Å². The number of hydrogen-bond acceptors (Lipinski definition) is 3. The molecule has 0 aromatic heterocycles. The van der Waals surface area contributed by atoms with Crippen LogP contribution >= 0.6 is 0 Å². The highest BCUT2D eigenvalue weighted by molar-refractivity contribution is 5.43. The molecule has 0 aliphatic carbocycles. The fourth-order valence-electron chi connectivity index (χ4n) is 2.44. The molecule has 1 N–H and O–H groups in total. The summed E-state index contributed by atoms with van der Waals surface area (Å²) in [6, 6.07) is 14.5. The Labute approximate surface area is 139 Å². The Morgan fingerprint density at radius 2 is 1.87 bits per heavy atom. The molecule has 0 radical (unpaired) electrons. The lowest BCUT2D eigenvalue weighted by Gasteiger charge is -2.13. The zero-order chi connectivity index (χ0) is 16.5. The van der Waals surface area contributed by atoms with Gasteiger partial charge in [0.05, 0.1) is 7.11 Å². The summed E-state index contributed by atoms with van der Waals surface area (Å²) < 4.78 is 11.4. The minimum atomic E-state index is 0.548. The number of hydrogen-bond donors (Lipinski definition) is 1. The number of nitrogens with one attached hydrogen (secondary N) is 1. The number of unbranched alkanes of at least 4 members (excludes halogenated alkanes) is 1. The topological polar surface area (TPSA) is 30.5 Å². The Morgan fingerprint density at radius 3 is 2.61 bits per heavy atom. The zero-order valence-electron chi connectivity index (χ0n) is 14.4. The fourth-order valence-corrected chi connectivity index (χ4v) is 2.44. The van der Waals surface area contributed by atoms with Crippen LogP contribution in [0.2, 0.25) is 0 Å². The van der Waals surface area contributed by atoms with Crippen LogP contribution in [0, 0.1) is 6.92 Å². The largest absolute Gasteiger partial charge is 0.493 e. The molecule has 124 valence electrons. The van der Waals surface area contributed by atoms with Crippen LogP contribution < -0.4 is 14.8 Å². The average Bonchev–Trinajstić information content (AvgIpc) is 2.57. The summed E-state index contributed by atoms with van der Waals surface area (Å²) in [4.78, 5) is 0. The third kappa shape index (κ3) is 5.61. The SMILES string of the molecule is CCCCNCc1ccc(OCc2cccc(C)c2)c(OC)c1. The van der Waals surface area contributed by atoms with Crippen molar-refractivity contribution in [1.29, 1.82) is 0 Å². The molecule has 0 aliphatic heterocycles. The molecule has 0 saturated heterocycles. The van der Waals surface area contributed by atoms with Crippen LogP contribution in [0.15, 0.2) is 42.5 Å². The molecular formula is C20H27NO2. The minimum absolute atomic E-state index is 0.548. The minimum Gasteiger partial charge on any atom is -0.493 e. The van der Waals surface area contributed by atoms with Gasteiger partial charge in [0, 0.05) is 6.54 Å². The van der Waals surface area contributed by atoms with E-state index in [-0.39, 0.29) is 0 Å². The van der Waals surface area contributed by atoms with Gasteiger partial charge in [-0.1, -0.05) is 49.2 Å². The Morgan fingerprint density at radius 1 is 1.00 bits per heavy atom. The maximum absolute atomic E-state index is 5.92. The van der Waals surface area contributed by atoms with E-state index in [2.05, 4.69) is 49.5 Å². The molecule has 0 unspecified atom stereocenters. The normalized spacial score (nSPS) is 10.6. The first-order chi connectivity index (χ1) is 11.2. The van der Waals surface area contributed by atoms with Crippen molar-refractivity contribution in [1.82, 2.24) is 5.32 Å². The van der Waals surface area contributed by atoms with Crippen LogP contribution in [0.4, 0.5) is 0 Å². The van der Waals surface area contributed by atoms with E-state index < -0.39 is 0 Å². The van der Waals surface area contributed by atoms with Crippen LogP contribution in [0.5, 0.6) is 11.5 Å². The Hall–Kier alpha value is -2.00. The molecule has 2 aromatic rings. The Kier molecular flexibility index (Phi) is 6.95. The van der Waals surface area contributed by atoms with Gasteiger partial charge in [0.1, 0.15) is 6.61 Å². The van der Waals surface area contributed by atoms with E-state index >= 15 is 0 Å². The number of benzene rings is 2. The van der Waals surface area contributed by atoms with Crippen molar-refractivity contribution in [3.63, 3.8) is 0 Å². The third-order valence-electron chi connectivity index (χ3n) is 3.74. The summed E-state index contributed by atoms with van der Waals surface area (Å²) >= 11 is 0. The first-order valence-electron chi connectivity index (χ1n) is 8.29. The van der Waals surface area contributed by atoms with E-state index in [1.165, 1.54) is 24.0 Å². The lowest BCUT2D eigenvalue weighted by atomic mass is 10.1. The van der Waals surface area contributed by atoms with Gasteiger partial charge in [-0.2, -0.15) is 0 Å². The number of ether oxygens (including phenoxy) is 2. The van der Waals surface area contributed by atoms with Crippen LogP contribution in [-0.4, -0.2) is 13.7 Å². The summed E-state index contributed by atoms with van der Waals surface area (Å²) in [5.41, 5.74) is 3.62. The molecule has 0 fully saturated rings. The predicted octanol–water partition coefficient (Wildman–Crippen LogP) is 4.47. The van der Waals surface area contributed by atoms with Crippen molar-refractivity contribution in [2.45, 2.75) is 39.8 Å². The molecule has 0 spiro atoms. The molecule has 0 bridgehead atoms. The second kappa shape index (κ2) is 9.21. The quantitative estimate of drug-likeness (QED) is 0.693. The molecule has 2 rings (SSSR count). The lowest BCUT2D eigenvalue weighted by Crippen LogP contribution is -2.14. The van der Waals surface area contributed by atoms with Crippen LogP contribution in [-0.2, 0) is 13.2 Å². The smallest absolute Gasteiger partial charge is 0.161 e. The summed E-state index contributed by atoms with van der Waals surface area (Å²) in [5, 5.41) is 3.44. The maximum atomic E-state index is 5.92. The Bertz CT molecular complexity index is 610. The van der Waals surface area contributed by atoms with E-state index in [4.69, 9.17) is 9.47 Å². The summed E-state index contributed by atoms with van der Waals surface area (Å²) in [6.07, 6.45) is 2.41. The third-order valence-corrected chi connectivity index (χ3v) is 3.74. The highest BCUT2D eigenvalue weighted by Gasteiger charge is 2.06. The van der Waals surface area contributed by atoms with Gasteiger partial charge in [-0.15, -0.1) is 0 Å². The van der Waals surface area contributed by atoms with Gasteiger partial charge < -0.3 is 14.8 Å². The van der Waals surface area contributed by atoms with Gasteiger partial charge in [0.15, 0.2) is 11.5 Å². The maximum Gasteiger partial charge on any atom is 0.161 e. The predicted molar refractivity (Wildman–Crippen MR) is 95.1 cm³/mol. The van der Waals surface area contributed by atoms with Gasteiger partial charge in [-0.25, -0.2) is 0 Å². The molecule has 23 heavy (non-hydrogen) atoms. The van der Waals surface area contributed by atoms with Gasteiger partial charge in [-0.05, 0) is 43.1 Å². The second-order valence-corrected chi connectivity index (χ2v) is 5.79. The van der Waals surface area contributed by atoms with Crippen molar-refractivity contribution < 1.29 is 9.47 Å². The van der Waals surface area contributed by atoms with E-state index in [9.17, 15) is 0 Å². The first-order valence-corrected chi connectivity index (χ1v) is 8.29. The van der Waals surface area contributed by atoms with Gasteiger partial charge in [-0.3, -0.25) is 0 Å². The van der Waals surface area contributed by atoms with Crippen molar-refractivity contribution in [2.24, 2.45) is 0 Å². The molecule has 0 saturated carbocycles. The molecule has 0 aliphatic rings. The highest BCUT2D eigenvalue weighted by atomic mass is 16.5. The molecule has 0 atom stereocenters. The van der Waals surface area contributed by atoms with Crippen molar-refractivity contribution >= 4 is 0 Å². The Balaban J connectivity index is 1.96. The van der Waals surface area contributed by atoms with E-state index in [0.29, 0.717) is 6.61 Å². The van der Waals surface area contributed by atoms with Gasteiger partial charge >= 0.3 is 0 Å². The van der Waals surface area contributed by atoms with Crippen molar-refractivity contribution in [3.8, 4) is 11.5 Å². The van der Waals surface area contributed by atoms with Gasteiger partial charge in [0.2, 0.25) is 0 Å². The molecule has 0 amide bonds. The number of methoxy groups -OCH3 is 1. The summed E-state index contributed by atoms with van der Waals surface area (Å²) in [5.74, 6) is 1.57. The van der Waals surface area contributed by atoms with E-state index in [1.54, 1.807) is 7.11 Å². The second-order valence-electron chi connectivity index (χ2n) is 5.79. The van der Waals surface area contributed by atoms with E-state index in [0.717, 1.165) is 30.2 Å². The summed E-state index contributed by atoms with van der Waals surface area (Å²) in [7, 11) is 1.68. The lowest BCUT2D eigenvalue weighted by molar-refractivity contribution is 0.284. The average molecular weight is 313 g/mol. The monoisotopic (exact) mass is 313 g/mol. The first kappa shape index (κ1) is 17.4. The standard InChI is InChI=1S/C20H27NO2/c1-4-5-11-21-14-17-9-10-19(20(13-17)22-3)23-15-18-8-6-7-16(2)12-18/h6-10,12-13,21H,4-5,11,14-15H2,1-3H3. The van der Waals surface area contributed by atoms with Gasteiger partial charge in [0.25, 0.3) is 0 Å². The fraction of sp³-hybridized carbons (Fsp3) is 0.400. The van der Waals surface area contributed by atoms with Crippen LogP contribution in [0.3, 0.4) is 0 Å². The van der Waals surface area contributed by atoms with Crippen molar-refractivity contribution in [2.75, 3.05) is 13.7 Å². The zero-order valence-corrected chi connectivity index (χ0v) is 14.4. The van der Waals surface area contributed by atoms with Crippen LogP contribution in [0.25, 0.3) is 0 Å².